The van der Waals surface area contributed by atoms with Gasteiger partial charge in [0, 0.05) is 18.0 Å². The summed E-state index contributed by atoms with van der Waals surface area (Å²) in [6, 6.07) is 14.8. The molecule has 2 aromatic carbocycles. The Morgan fingerprint density at radius 1 is 1.03 bits per heavy atom. The molecular formula is C23H21F3N2O2. The summed E-state index contributed by atoms with van der Waals surface area (Å²) < 4.78 is 43.2. The van der Waals surface area contributed by atoms with Gasteiger partial charge in [0.25, 0.3) is 5.91 Å². The number of rotatable bonds is 6. The highest BCUT2D eigenvalue weighted by molar-refractivity contribution is 6.07. The van der Waals surface area contributed by atoms with E-state index in [0.717, 1.165) is 17.5 Å². The van der Waals surface area contributed by atoms with Crippen LogP contribution in [0.1, 0.15) is 34.0 Å². The number of halogens is 3. The molecule has 0 unspecified atom stereocenters. The summed E-state index contributed by atoms with van der Waals surface area (Å²) >= 11 is 0. The van der Waals surface area contributed by atoms with Gasteiger partial charge in [-0.25, -0.2) is 0 Å². The fraction of sp³-hybridized carbons (Fsp3) is 0.217. The second-order valence-corrected chi connectivity index (χ2v) is 6.72. The molecule has 0 spiro atoms. The molecule has 1 aromatic heterocycles. The van der Waals surface area contributed by atoms with Crippen LogP contribution in [-0.4, -0.2) is 17.3 Å². The van der Waals surface area contributed by atoms with Crippen molar-refractivity contribution in [3.8, 4) is 5.75 Å². The molecule has 0 fully saturated rings. The Labute approximate surface area is 172 Å². The van der Waals surface area contributed by atoms with Gasteiger partial charge in [0.1, 0.15) is 0 Å². The normalized spacial score (nSPS) is 11.2. The first kappa shape index (κ1) is 21.4. The molecule has 0 atom stereocenters. The smallest absolute Gasteiger partial charge is 0.404 e. The average molecular weight is 414 g/mol. The van der Waals surface area contributed by atoms with E-state index in [1.807, 2.05) is 31.2 Å². The van der Waals surface area contributed by atoms with Crippen LogP contribution in [0.3, 0.4) is 0 Å². The van der Waals surface area contributed by atoms with Gasteiger partial charge in [0.2, 0.25) is 0 Å². The Balaban J connectivity index is 2.11. The first-order chi connectivity index (χ1) is 14.3. The summed E-state index contributed by atoms with van der Waals surface area (Å²) in [7, 11) is 0. The number of hydrogen-bond acceptors (Lipinski definition) is 3. The van der Waals surface area contributed by atoms with Gasteiger partial charge in [-0.15, -0.1) is 13.2 Å². The van der Waals surface area contributed by atoms with Crippen LogP contribution >= 0.6 is 0 Å². The van der Waals surface area contributed by atoms with Crippen LogP contribution in [0, 0.1) is 6.92 Å². The molecule has 0 aliphatic carbocycles. The standard InChI is InChI=1S/C23H21F3N2O2/c1-3-17-8-4-5-9-18(17)15-28(22(29)19-12-13-27-14-16(19)2)20-10-6-7-11-21(20)30-23(24,25)26/h4-14H,3,15H2,1-2H3. The van der Waals surface area contributed by atoms with Crippen molar-refractivity contribution in [1.82, 2.24) is 4.98 Å². The lowest BCUT2D eigenvalue weighted by atomic mass is 10.0. The zero-order valence-electron chi connectivity index (χ0n) is 16.6. The van der Waals surface area contributed by atoms with E-state index in [0.29, 0.717) is 11.1 Å². The molecule has 0 radical (unpaired) electrons. The fourth-order valence-corrected chi connectivity index (χ4v) is 3.24. The summed E-state index contributed by atoms with van der Waals surface area (Å²) in [6.45, 7) is 3.82. The lowest BCUT2D eigenvalue weighted by Gasteiger charge is -2.27. The van der Waals surface area contributed by atoms with Gasteiger partial charge in [-0.2, -0.15) is 0 Å². The van der Waals surface area contributed by atoms with E-state index in [9.17, 15) is 18.0 Å². The van der Waals surface area contributed by atoms with Crippen molar-refractivity contribution in [2.75, 3.05) is 4.90 Å². The third-order valence-electron chi connectivity index (χ3n) is 4.71. The maximum absolute atomic E-state index is 13.4. The van der Waals surface area contributed by atoms with Crippen molar-refractivity contribution in [3.63, 3.8) is 0 Å². The molecular weight excluding hydrogens is 393 g/mol. The van der Waals surface area contributed by atoms with E-state index in [2.05, 4.69) is 9.72 Å². The van der Waals surface area contributed by atoms with Gasteiger partial charge < -0.3 is 9.64 Å². The summed E-state index contributed by atoms with van der Waals surface area (Å²) in [6.07, 6.45) is -1.12. The molecule has 7 heteroatoms. The van der Waals surface area contributed by atoms with Crippen molar-refractivity contribution < 1.29 is 22.7 Å². The zero-order valence-corrected chi connectivity index (χ0v) is 16.6. The topological polar surface area (TPSA) is 42.4 Å². The molecule has 0 aliphatic rings. The Morgan fingerprint density at radius 2 is 1.70 bits per heavy atom. The largest absolute Gasteiger partial charge is 0.573 e. The van der Waals surface area contributed by atoms with Crippen LogP contribution in [-0.2, 0) is 13.0 Å². The molecule has 0 N–H and O–H groups in total. The lowest BCUT2D eigenvalue weighted by Crippen LogP contribution is -2.32. The second-order valence-electron chi connectivity index (χ2n) is 6.72. The number of alkyl halides is 3. The van der Waals surface area contributed by atoms with Crippen LogP contribution in [0.25, 0.3) is 0 Å². The fourth-order valence-electron chi connectivity index (χ4n) is 3.24. The molecule has 0 bridgehead atoms. The zero-order chi connectivity index (χ0) is 21.7. The maximum atomic E-state index is 13.4. The molecule has 3 rings (SSSR count). The first-order valence-corrected chi connectivity index (χ1v) is 9.44. The first-order valence-electron chi connectivity index (χ1n) is 9.44. The van der Waals surface area contributed by atoms with Gasteiger partial charge in [0.05, 0.1) is 12.2 Å². The average Bonchev–Trinajstić information content (AvgIpc) is 2.71. The summed E-state index contributed by atoms with van der Waals surface area (Å²) in [4.78, 5) is 18.8. The molecule has 3 aromatic rings. The highest BCUT2D eigenvalue weighted by atomic mass is 19.4. The van der Waals surface area contributed by atoms with Crippen molar-refractivity contribution >= 4 is 11.6 Å². The molecule has 156 valence electrons. The Hall–Kier alpha value is -3.35. The van der Waals surface area contributed by atoms with Gasteiger partial charge in [-0.3, -0.25) is 9.78 Å². The Morgan fingerprint density at radius 3 is 2.37 bits per heavy atom. The molecule has 1 amide bonds. The summed E-state index contributed by atoms with van der Waals surface area (Å²) in [5, 5.41) is 0. The summed E-state index contributed by atoms with van der Waals surface area (Å²) in [5.74, 6) is -0.863. The number of nitrogens with zero attached hydrogens (tertiary/aromatic N) is 2. The van der Waals surface area contributed by atoms with E-state index < -0.39 is 18.0 Å². The minimum atomic E-state index is -4.88. The predicted octanol–water partition coefficient (Wildman–Crippen LogP) is 5.70. The number of carbonyl (C=O) groups is 1. The number of aryl methyl sites for hydroxylation is 2. The van der Waals surface area contributed by atoms with Crippen molar-refractivity contribution in [3.05, 3.63) is 89.2 Å². The van der Waals surface area contributed by atoms with Crippen molar-refractivity contribution in [2.45, 2.75) is 33.2 Å². The minimum Gasteiger partial charge on any atom is -0.404 e. The number of amides is 1. The third kappa shape index (κ3) is 4.97. The van der Waals surface area contributed by atoms with E-state index in [4.69, 9.17) is 0 Å². The molecule has 0 saturated carbocycles. The minimum absolute atomic E-state index is 0.0435. The van der Waals surface area contributed by atoms with Gasteiger partial charge in [-0.05, 0) is 48.2 Å². The van der Waals surface area contributed by atoms with Crippen LogP contribution in [0.15, 0.2) is 67.0 Å². The number of carbonyl (C=O) groups excluding carboxylic acids is 1. The molecule has 0 saturated heterocycles. The number of benzene rings is 2. The lowest BCUT2D eigenvalue weighted by molar-refractivity contribution is -0.274. The van der Waals surface area contributed by atoms with Crippen molar-refractivity contribution in [2.24, 2.45) is 0 Å². The maximum Gasteiger partial charge on any atom is 0.573 e. The van der Waals surface area contributed by atoms with Crippen LogP contribution in [0.4, 0.5) is 18.9 Å². The van der Waals surface area contributed by atoms with Gasteiger partial charge >= 0.3 is 6.36 Å². The number of ether oxygens (including phenoxy) is 1. The number of aromatic nitrogens is 1. The van der Waals surface area contributed by atoms with Crippen LogP contribution in [0.5, 0.6) is 5.75 Å². The van der Waals surface area contributed by atoms with Crippen LogP contribution < -0.4 is 9.64 Å². The SMILES string of the molecule is CCc1ccccc1CN(C(=O)c1ccncc1C)c1ccccc1OC(F)(F)F. The number of hydrogen-bond donors (Lipinski definition) is 0. The quantitative estimate of drug-likeness (QED) is 0.520. The van der Waals surface area contributed by atoms with E-state index in [1.54, 1.807) is 25.3 Å². The van der Waals surface area contributed by atoms with Crippen molar-refractivity contribution in [1.29, 1.82) is 0 Å². The predicted molar refractivity (Wildman–Crippen MR) is 108 cm³/mol. The monoisotopic (exact) mass is 414 g/mol. The molecule has 0 aliphatic heterocycles. The van der Waals surface area contributed by atoms with Crippen LogP contribution in [0.2, 0.25) is 0 Å². The molecule has 4 nitrogen and oxygen atoms in total. The Kier molecular flexibility index (Phi) is 6.40. The van der Waals surface area contributed by atoms with E-state index in [-0.39, 0.29) is 12.2 Å². The van der Waals surface area contributed by atoms with E-state index >= 15 is 0 Å². The molecule has 30 heavy (non-hydrogen) atoms. The Bertz CT molecular complexity index is 1030. The summed E-state index contributed by atoms with van der Waals surface area (Å²) in [5.41, 5.74) is 2.89. The molecule has 1 heterocycles. The number of pyridine rings is 1. The second kappa shape index (κ2) is 8.98. The highest BCUT2D eigenvalue weighted by Gasteiger charge is 2.33. The number of anilines is 1. The van der Waals surface area contributed by atoms with E-state index in [1.165, 1.54) is 29.3 Å². The highest BCUT2D eigenvalue weighted by Crippen LogP contribution is 2.35. The van der Waals surface area contributed by atoms with Gasteiger partial charge in [-0.1, -0.05) is 43.3 Å². The number of para-hydroxylation sites is 2. The third-order valence-corrected chi connectivity index (χ3v) is 4.71. The van der Waals surface area contributed by atoms with Gasteiger partial charge in [0.15, 0.2) is 5.75 Å².